The summed E-state index contributed by atoms with van der Waals surface area (Å²) in [7, 11) is 0. The highest BCUT2D eigenvalue weighted by Crippen LogP contribution is 2.38. The molecule has 2 nitrogen and oxygen atoms in total. The third-order valence-corrected chi connectivity index (χ3v) is 4.49. The zero-order valence-corrected chi connectivity index (χ0v) is 12.6. The average molecular weight is 335 g/mol. The molecule has 0 aliphatic heterocycles. The molecule has 0 saturated carbocycles. The van der Waals surface area contributed by atoms with E-state index in [1.807, 2.05) is 12.1 Å². The van der Waals surface area contributed by atoms with Crippen molar-refractivity contribution in [1.29, 1.82) is 0 Å². The molecule has 1 aliphatic carbocycles. The van der Waals surface area contributed by atoms with Gasteiger partial charge in [-0.1, -0.05) is 28.1 Å². The van der Waals surface area contributed by atoms with Crippen LogP contribution in [0.4, 0.5) is 4.39 Å². The highest BCUT2D eigenvalue weighted by molar-refractivity contribution is 9.10. The molecule has 0 amide bonds. The van der Waals surface area contributed by atoms with Gasteiger partial charge < -0.3 is 5.73 Å². The predicted molar refractivity (Wildman–Crippen MR) is 80.9 cm³/mol. The van der Waals surface area contributed by atoms with E-state index in [9.17, 15) is 4.39 Å². The number of pyridine rings is 1. The maximum Gasteiger partial charge on any atom is 0.129 e. The molecule has 0 fully saturated rings. The fraction of sp³-hybridized carbons (Fsp3) is 0.312. The SMILES string of the molecule is NC(c1ccc(Br)cc1F)C1CCCc2cccnc21. The van der Waals surface area contributed by atoms with Gasteiger partial charge in [0.25, 0.3) is 0 Å². The summed E-state index contributed by atoms with van der Waals surface area (Å²) >= 11 is 3.27. The fourth-order valence-electron chi connectivity index (χ4n) is 2.98. The summed E-state index contributed by atoms with van der Waals surface area (Å²) in [6, 6.07) is 8.77. The molecule has 0 saturated heterocycles. The molecule has 104 valence electrons. The van der Waals surface area contributed by atoms with Crippen molar-refractivity contribution < 1.29 is 4.39 Å². The Morgan fingerprint density at radius 2 is 2.20 bits per heavy atom. The van der Waals surface area contributed by atoms with E-state index in [0.29, 0.717) is 5.56 Å². The van der Waals surface area contributed by atoms with Gasteiger partial charge in [0.05, 0.1) is 0 Å². The fourth-order valence-corrected chi connectivity index (χ4v) is 3.32. The number of nitrogens with zero attached hydrogens (tertiary/aromatic N) is 1. The lowest BCUT2D eigenvalue weighted by molar-refractivity contribution is 0.448. The van der Waals surface area contributed by atoms with Crippen LogP contribution in [0.5, 0.6) is 0 Å². The molecule has 20 heavy (non-hydrogen) atoms. The topological polar surface area (TPSA) is 38.9 Å². The van der Waals surface area contributed by atoms with E-state index >= 15 is 0 Å². The second-order valence-corrected chi connectivity index (χ2v) is 6.15. The molecule has 4 heteroatoms. The lowest BCUT2D eigenvalue weighted by Crippen LogP contribution is -2.25. The molecule has 2 atom stereocenters. The minimum Gasteiger partial charge on any atom is -0.323 e. The van der Waals surface area contributed by atoms with E-state index in [2.05, 4.69) is 27.0 Å². The highest BCUT2D eigenvalue weighted by Gasteiger charge is 2.29. The standard InChI is InChI=1S/C16H16BrFN2/c17-11-6-7-12(14(18)9-11)15(19)13-5-1-3-10-4-2-8-20-16(10)13/h2,4,6-9,13,15H,1,3,5,19H2. The molecule has 1 aliphatic rings. The molecule has 0 radical (unpaired) electrons. The number of nitrogens with two attached hydrogens (primary N) is 1. The molecule has 2 unspecified atom stereocenters. The van der Waals surface area contributed by atoms with Gasteiger partial charge in [-0.2, -0.15) is 0 Å². The molecular formula is C16H16BrFN2. The largest absolute Gasteiger partial charge is 0.323 e. The van der Waals surface area contributed by atoms with Crippen molar-refractivity contribution in [3.8, 4) is 0 Å². The summed E-state index contributed by atoms with van der Waals surface area (Å²) < 4.78 is 14.8. The molecule has 3 rings (SSSR count). The molecule has 2 aromatic rings. The summed E-state index contributed by atoms with van der Waals surface area (Å²) in [6.45, 7) is 0. The van der Waals surface area contributed by atoms with Gasteiger partial charge in [-0.3, -0.25) is 4.98 Å². The number of benzene rings is 1. The van der Waals surface area contributed by atoms with Crippen LogP contribution in [0.3, 0.4) is 0 Å². The van der Waals surface area contributed by atoms with Gasteiger partial charge in [0.1, 0.15) is 5.82 Å². The third-order valence-electron chi connectivity index (χ3n) is 3.99. The molecule has 1 heterocycles. The molecule has 0 spiro atoms. The second-order valence-electron chi connectivity index (χ2n) is 5.24. The Labute approximate surface area is 126 Å². The van der Waals surface area contributed by atoms with Crippen LogP contribution in [0.1, 0.15) is 41.6 Å². The van der Waals surface area contributed by atoms with E-state index in [0.717, 1.165) is 29.4 Å². The molecular weight excluding hydrogens is 319 g/mol. The van der Waals surface area contributed by atoms with Gasteiger partial charge in [0, 0.05) is 33.9 Å². The van der Waals surface area contributed by atoms with E-state index in [1.54, 1.807) is 12.3 Å². The Morgan fingerprint density at radius 3 is 3.00 bits per heavy atom. The monoisotopic (exact) mass is 334 g/mol. The van der Waals surface area contributed by atoms with Crippen LogP contribution in [-0.4, -0.2) is 4.98 Å². The van der Waals surface area contributed by atoms with Crippen molar-refractivity contribution >= 4 is 15.9 Å². The van der Waals surface area contributed by atoms with Crippen LogP contribution in [0, 0.1) is 5.82 Å². The van der Waals surface area contributed by atoms with E-state index in [4.69, 9.17) is 5.73 Å². The number of rotatable bonds is 2. The summed E-state index contributed by atoms with van der Waals surface area (Å²) in [5.41, 5.74) is 9.19. The van der Waals surface area contributed by atoms with Crippen molar-refractivity contribution in [1.82, 2.24) is 4.98 Å². The quantitative estimate of drug-likeness (QED) is 0.897. The Balaban J connectivity index is 1.97. The van der Waals surface area contributed by atoms with Crippen LogP contribution >= 0.6 is 15.9 Å². The Bertz CT molecular complexity index is 630. The van der Waals surface area contributed by atoms with E-state index in [1.165, 1.54) is 11.6 Å². The zero-order valence-electron chi connectivity index (χ0n) is 11.0. The van der Waals surface area contributed by atoms with Gasteiger partial charge in [0.2, 0.25) is 0 Å². The van der Waals surface area contributed by atoms with Crippen LogP contribution in [0.25, 0.3) is 0 Å². The van der Waals surface area contributed by atoms with Crippen molar-refractivity contribution in [2.24, 2.45) is 5.73 Å². The van der Waals surface area contributed by atoms with Crippen molar-refractivity contribution in [2.45, 2.75) is 31.2 Å². The number of hydrogen-bond acceptors (Lipinski definition) is 2. The van der Waals surface area contributed by atoms with Crippen LogP contribution in [-0.2, 0) is 6.42 Å². The highest BCUT2D eigenvalue weighted by atomic mass is 79.9. The summed E-state index contributed by atoms with van der Waals surface area (Å²) in [6.07, 6.45) is 4.87. The number of hydrogen-bond donors (Lipinski definition) is 1. The van der Waals surface area contributed by atoms with E-state index < -0.39 is 0 Å². The maximum absolute atomic E-state index is 14.1. The molecule has 2 N–H and O–H groups in total. The van der Waals surface area contributed by atoms with Crippen LogP contribution < -0.4 is 5.73 Å². The van der Waals surface area contributed by atoms with Crippen molar-refractivity contribution in [3.05, 3.63) is 63.6 Å². The summed E-state index contributed by atoms with van der Waals surface area (Å²) in [5.74, 6) is -0.162. The first-order valence-corrected chi connectivity index (χ1v) is 7.60. The molecule has 1 aromatic heterocycles. The number of fused-ring (bicyclic) bond motifs is 1. The van der Waals surface area contributed by atoms with Crippen molar-refractivity contribution in [3.63, 3.8) is 0 Å². The Hall–Kier alpha value is -1.26. The lowest BCUT2D eigenvalue weighted by Gasteiger charge is -2.29. The van der Waals surface area contributed by atoms with Gasteiger partial charge in [-0.15, -0.1) is 0 Å². The smallest absolute Gasteiger partial charge is 0.129 e. The number of halogens is 2. The van der Waals surface area contributed by atoms with Gasteiger partial charge in [-0.05, 0) is 43.0 Å². The predicted octanol–water partition coefficient (Wildman–Crippen LogP) is 4.10. The molecule has 1 aromatic carbocycles. The van der Waals surface area contributed by atoms with Crippen LogP contribution in [0.2, 0.25) is 0 Å². The van der Waals surface area contributed by atoms with Gasteiger partial charge in [-0.25, -0.2) is 4.39 Å². The normalized spacial score (nSPS) is 19.4. The second kappa shape index (κ2) is 5.62. The number of aryl methyl sites for hydroxylation is 1. The maximum atomic E-state index is 14.1. The zero-order chi connectivity index (χ0) is 14.1. The average Bonchev–Trinajstić information content (AvgIpc) is 2.46. The number of aromatic nitrogens is 1. The Kier molecular flexibility index (Phi) is 3.85. The first-order chi connectivity index (χ1) is 9.66. The minimum absolute atomic E-state index is 0.0932. The summed E-state index contributed by atoms with van der Waals surface area (Å²) in [4.78, 5) is 4.48. The van der Waals surface area contributed by atoms with E-state index in [-0.39, 0.29) is 17.8 Å². The molecule has 0 bridgehead atoms. The lowest BCUT2D eigenvalue weighted by atomic mass is 9.80. The van der Waals surface area contributed by atoms with Crippen LogP contribution in [0.15, 0.2) is 41.0 Å². The minimum atomic E-state index is -0.350. The first kappa shape index (κ1) is 13.7. The van der Waals surface area contributed by atoms with Gasteiger partial charge >= 0.3 is 0 Å². The third kappa shape index (κ3) is 2.50. The van der Waals surface area contributed by atoms with Crippen molar-refractivity contribution in [2.75, 3.05) is 0 Å². The Morgan fingerprint density at radius 1 is 1.35 bits per heavy atom. The first-order valence-electron chi connectivity index (χ1n) is 6.81. The van der Waals surface area contributed by atoms with Gasteiger partial charge in [0.15, 0.2) is 0 Å². The summed E-state index contributed by atoms with van der Waals surface area (Å²) in [5, 5.41) is 0.